The number of halogens is 6. The minimum absolute atomic E-state index is 0. The first-order chi connectivity index (χ1) is 14.6. The summed E-state index contributed by atoms with van der Waals surface area (Å²) in [4.78, 5) is 0. The Labute approximate surface area is 192 Å². The fourth-order valence-electron chi connectivity index (χ4n) is 3.36. The molecule has 0 N–H and O–H groups in total. The van der Waals surface area contributed by atoms with Crippen LogP contribution in [-0.4, -0.2) is 31.9 Å². The molecule has 4 aromatic rings. The van der Waals surface area contributed by atoms with Gasteiger partial charge in [0.2, 0.25) is 0 Å². The Balaban J connectivity index is 0.00000289. The van der Waals surface area contributed by atoms with Gasteiger partial charge in [-0.1, -0.05) is 0 Å². The normalized spacial score (nSPS) is 12.4. The van der Waals surface area contributed by atoms with Crippen molar-refractivity contribution in [2.24, 2.45) is 0 Å². The predicted octanol–water partition coefficient (Wildman–Crippen LogP) is 5.07. The zero-order valence-electron chi connectivity index (χ0n) is 15.8. The molecule has 0 aliphatic rings. The maximum atomic E-state index is 14.4. The van der Waals surface area contributed by atoms with Crippen molar-refractivity contribution >= 4 is 0 Å². The monoisotopic (exact) mass is 629 g/mol. The molecule has 0 atom stereocenters. The van der Waals surface area contributed by atoms with E-state index in [9.17, 15) is 26.3 Å². The second-order valence-corrected chi connectivity index (χ2v) is 6.55. The van der Waals surface area contributed by atoms with Crippen molar-refractivity contribution in [1.29, 1.82) is 0 Å². The Morgan fingerprint density at radius 1 is 0.625 bits per heavy atom. The van der Waals surface area contributed by atoms with Crippen molar-refractivity contribution < 1.29 is 47.4 Å². The molecular formula is C21H12F6N4Pt. The third-order valence-corrected chi connectivity index (χ3v) is 4.72. The van der Waals surface area contributed by atoms with Gasteiger partial charge in [-0.05, 0) is 23.5 Å². The van der Waals surface area contributed by atoms with Crippen molar-refractivity contribution in [3.8, 4) is 11.4 Å². The fraction of sp³-hybridized carbons (Fsp3) is 0.143. The number of hydrogen-bond donors (Lipinski definition) is 0. The molecule has 32 heavy (non-hydrogen) atoms. The molecule has 0 bridgehead atoms. The Kier molecular flexibility index (Phi) is 6.37. The van der Waals surface area contributed by atoms with E-state index < -0.39 is 28.9 Å². The Morgan fingerprint density at radius 3 is 1.34 bits per heavy atom. The molecule has 4 nitrogen and oxygen atoms in total. The molecule has 2 aromatic carbocycles. The van der Waals surface area contributed by atoms with Gasteiger partial charge in [-0.2, -0.15) is 72.9 Å². The summed E-state index contributed by atoms with van der Waals surface area (Å²) in [7, 11) is 0. The van der Waals surface area contributed by atoms with Crippen LogP contribution in [-0.2, 0) is 26.5 Å². The van der Waals surface area contributed by atoms with Gasteiger partial charge >= 0.3 is 33.4 Å². The average molecular weight is 629 g/mol. The second-order valence-electron chi connectivity index (χ2n) is 6.55. The Morgan fingerprint density at radius 2 is 1.03 bits per heavy atom. The van der Waals surface area contributed by atoms with Crippen LogP contribution in [0.2, 0.25) is 0 Å². The van der Waals surface area contributed by atoms with Gasteiger partial charge < -0.3 is 0 Å². The van der Waals surface area contributed by atoms with E-state index in [0.29, 0.717) is 0 Å². The van der Waals surface area contributed by atoms with Crippen LogP contribution in [0.3, 0.4) is 0 Å². The van der Waals surface area contributed by atoms with E-state index in [1.165, 1.54) is 49.1 Å². The van der Waals surface area contributed by atoms with Crippen LogP contribution in [0.15, 0.2) is 73.3 Å². The van der Waals surface area contributed by atoms with E-state index >= 15 is 0 Å². The second kappa shape index (κ2) is 8.58. The molecule has 2 aromatic heterocycles. The van der Waals surface area contributed by atoms with Crippen LogP contribution in [0.1, 0.15) is 11.1 Å². The summed E-state index contributed by atoms with van der Waals surface area (Å²) in [6.45, 7) is 0. The predicted molar refractivity (Wildman–Crippen MR) is 97.7 cm³/mol. The van der Waals surface area contributed by atoms with Gasteiger partial charge in [-0.25, -0.2) is 0 Å². The third kappa shape index (κ3) is 3.88. The van der Waals surface area contributed by atoms with E-state index in [1.807, 2.05) is 0 Å². The van der Waals surface area contributed by atoms with Crippen molar-refractivity contribution in [2.45, 2.75) is 17.8 Å². The number of rotatable bonds is 4. The summed E-state index contributed by atoms with van der Waals surface area (Å²) in [6, 6.07) is 13.9. The smallest absolute Gasteiger partial charge is 0.266 e. The molecule has 0 spiro atoms. The van der Waals surface area contributed by atoms with Gasteiger partial charge in [-0.3, -0.25) is 9.36 Å². The number of nitrogens with zero attached hydrogens (tertiary/aromatic N) is 4. The number of benzene rings is 2. The molecule has 0 aliphatic heterocycles. The number of aromatic nitrogens is 4. The van der Waals surface area contributed by atoms with E-state index in [0.717, 1.165) is 33.6 Å². The number of alkyl halides is 6. The van der Waals surface area contributed by atoms with Gasteiger partial charge in [0.15, 0.2) is 5.41 Å². The van der Waals surface area contributed by atoms with Gasteiger partial charge in [-0.15, -0.1) is 23.3 Å². The molecule has 0 saturated carbocycles. The summed E-state index contributed by atoms with van der Waals surface area (Å²) >= 11 is 0. The van der Waals surface area contributed by atoms with Crippen LogP contribution in [0.5, 0.6) is 0 Å². The number of hydrogen-bond acceptors (Lipinski definition) is 2. The van der Waals surface area contributed by atoms with Crippen LogP contribution < -0.4 is 0 Å². The fourth-order valence-corrected chi connectivity index (χ4v) is 3.36. The van der Waals surface area contributed by atoms with Crippen LogP contribution in [0, 0.1) is 12.1 Å². The quantitative estimate of drug-likeness (QED) is 0.234. The minimum Gasteiger partial charge on any atom is -0.266 e. The maximum Gasteiger partial charge on any atom is 2.00 e. The van der Waals surface area contributed by atoms with Gasteiger partial charge in [0.1, 0.15) is 0 Å². The van der Waals surface area contributed by atoms with Crippen LogP contribution >= 0.6 is 0 Å². The van der Waals surface area contributed by atoms with E-state index in [1.54, 1.807) is 0 Å². The summed E-state index contributed by atoms with van der Waals surface area (Å²) in [5.74, 6) is 0. The zero-order chi connectivity index (χ0) is 22.3. The maximum absolute atomic E-state index is 14.4. The van der Waals surface area contributed by atoms with Crippen molar-refractivity contribution in [3.05, 3.63) is 96.6 Å². The molecule has 4 rings (SSSR count). The largest absolute Gasteiger partial charge is 2.00 e. The van der Waals surface area contributed by atoms with Crippen LogP contribution in [0.25, 0.3) is 11.4 Å². The van der Waals surface area contributed by atoms with Crippen LogP contribution in [0.4, 0.5) is 26.3 Å². The van der Waals surface area contributed by atoms with Crippen molar-refractivity contribution in [2.75, 3.05) is 0 Å². The minimum atomic E-state index is -5.75. The molecule has 0 saturated heterocycles. The molecule has 0 fully saturated rings. The Hall–Kier alpha value is -2.87. The van der Waals surface area contributed by atoms with Gasteiger partial charge in [0, 0.05) is 24.8 Å². The summed E-state index contributed by atoms with van der Waals surface area (Å²) in [5, 5.41) is 7.72. The molecule has 0 radical (unpaired) electrons. The zero-order valence-corrected chi connectivity index (χ0v) is 18.1. The van der Waals surface area contributed by atoms with E-state index in [2.05, 4.69) is 22.3 Å². The first-order valence-electron chi connectivity index (χ1n) is 8.84. The molecule has 2 heterocycles. The van der Waals surface area contributed by atoms with E-state index in [-0.39, 0.29) is 32.4 Å². The molecule has 0 unspecified atom stereocenters. The Bertz CT molecular complexity index is 1070. The third-order valence-electron chi connectivity index (χ3n) is 4.72. The van der Waals surface area contributed by atoms with Crippen molar-refractivity contribution in [1.82, 2.24) is 19.6 Å². The van der Waals surface area contributed by atoms with Gasteiger partial charge in [0.05, 0.1) is 0 Å². The summed E-state index contributed by atoms with van der Waals surface area (Å²) in [5.41, 5.74) is -6.73. The SMILES string of the molecule is FC(F)(F)C(c1[c-]c(-n2cccn2)ccc1)(c1[c-]c(-n2cccn2)ccc1)C(F)(F)F.[Pt+2]. The topological polar surface area (TPSA) is 35.6 Å². The molecule has 168 valence electrons. The molecule has 0 amide bonds. The molecule has 0 aliphatic carbocycles. The first kappa shape index (κ1) is 23.8. The van der Waals surface area contributed by atoms with Crippen molar-refractivity contribution in [3.63, 3.8) is 0 Å². The van der Waals surface area contributed by atoms with E-state index in [4.69, 9.17) is 0 Å². The summed E-state index contributed by atoms with van der Waals surface area (Å²) in [6.07, 6.45) is -6.01. The first-order valence-corrected chi connectivity index (χ1v) is 8.84. The van der Waals surface area contributed by atoms with Gasteiger partial charge in [0.25, 0.3) is 0 Å². The molecular weight excluding hydrogens is 617 g/mol. The molecule has 11 heteroatoms. The summed E-state index contributed by atoms with van der Waals surface area (Å²) < 4.78 is 88.6. The average Bonchev–Trinajstić information content (AvgIpc) is 3.41. The standard InChI is InChI=1S/C21H12F6N4.Pt/c22-20(23,24)19(21(25,26)27,15-5-1-7-17(13-15)30-11-3-9-28-30)16-6-2-8-18(14-16)31-12-4-10-29-31;/h1-12H;/q-2;+2.